The Balaban J connectivity index is 2.79. The van der Waals surface area contributed by atoms with Crippen LogP contribution in [-0.4, -0.2) is 26.6 Å². The first-order chi connectivity index (χ1) is 8.95. The van der Waals surface area contributed by atoms with Gasteiger partial charge in [0.2, 0.25) is 0 Å². The van der Waals surface area contributed by atoms with E-state index < -0.39 is 6.43 Å². The largest absolute Gasteiger partial charge is 0.368 e. The van der Waals surface area contributed by atoms with Crippen LogP contribution in [0.5, 0.6) is 0 Å². The van der Waals surface area contributed by atoms with E-state index in [-0.39, 0.29) is 12.6 Å². The second kappa shape index (κ2) is 7.80. The third-order valence-corrected chi connectivity index (χ3v) is 3.63. The van der Waals surface area contributed by atoms with Gasteiger partial charge in [-0.2, -0.15) is 0 Å². The van der Waals surface area contributed by atoms with Crippen LogP contribution in [0.2, 0.25) is 0 Å². The zero-order valence-electron chi connectivity index (χ0n) is 11.6. The number of nitrogens with zero attached hydrogens (tertiary/aromatic N) is 1. The fourth-order valence-electron chi connectivity index (χ4n) is 1.89. The molecule has 1 aromatic rings. The van der Waals surface area contributed by atoms with E-state index in [4.69, 9.17) is 0 Å². The van der Waals surface area contributed by atoms with Crippen LogP contribution < -0.4 is 10.2 Å². The van der Waals surface area contributed by atoms with Gasteiger partial charge >= 0.3 is 0 Å². The fourth-order valence-corrected chi connectivity index (χ4v) is 2.59. The predicted molar refractivity (Wildman–Crippen MR) is 80.1 cm³/mol. The van der Waals surface area contributed by atoms with Crippen molar-refractivity contribution in [3.8, 4) is 0 Å². The summed E-state index contributed by atoms with van der Waals surface area (Å²) in [5.41, 5.74) is 1.93. The smallest absolute Gasteiger partial charge is 0.255 e. The molecule has 0 saturated carbocycles. The minimum atomic E-state index is -2.33. The molecule has 0 spiro atoms. The minimum Gasteiger partial charge on any atom is -0.368 e. The van der Waals surface area contributed by atoms with Crippen LogP contribution in [-0.2, 0) is 0 Å². The van der Waals surface area contributed by atoms with Crippen molar-refractivity contribution in [1.82, 2.24) is 5.32 Å². The van der Waals surface area contributed by atoms with Gasteiger partial charge in [-0.25, -0.2) is 8.78 Å². The molecule has 0 aliphatic rings. The molecule has 0 fully saturated rings. The number of halogens is 3. The molecule has 0 radical (unpaired) electrons. The molecular weight excluding hydrogens is 314 g/mol. The number of anilines is 1. The van der Waals surface area contributed by atoms with Crippen molar-refractivity contribution in [1.29, 1.82) is 0 Å². The van der Waals surface area contributed by atoms with Crippen molar-refractivity contribution in [2.24, 2.45) is 0 Å². The highest BCUT2D eigenvalue weighted by Gasteiger charge is 2.13. The molecule has 1 aromatic carbocycles. The molecular formula is C14H21BrF2N2. The number of hydrogen-bond acceptors (Lipinski definition) is 2. The lowest BCUT2D eigenvalue weighted by atomic mass is 10.1. The molecule has 0 aliphatic heterocycles. The van der Waals surface area contributed by atoms with Gasteiger partial charge in [-0.05, 0) is 53.5 Å². The van der Waals surface area contributed by atoms with E-state index in [1.54, 1.807) is 11.9 Å². The third kappa shape index (κ3) is 5.07. The zero-order valence-corrected chi connectivity index (χ0v) is 13.2. The van der Waals surface area contributed by atoms with Gasteiger partial charge in [0.25, 0.3) is 6.43 Å². The van der Waals surface area contributed by atoms with Crippen LogP contribution in [0, 0.1) is 0 Å². The first-order valence-electron chi connectivity index (χ1n) is 6.47. The summed E-state index contributed by atoms with van der Waals surface area (Å²) in [6.07, 6.45) is -1.25. The van der Waals surface area contributed by atoms with Crippen LogP contribution in [0.4, 0.5) is 14.5 Å². The van der Waals surface area contributed by atoms with Crippen LogP contribution in [0.25, 0.3) is 0 Å². The maximum Gasteiger partial charge on any atom is 0.255 e. The Morgan fingerprint density at radius 1 is 1.37 bits per heavy atom. The maximum absolute atomic E-state index is 12.4. The fraction of sp³-hybridized carbons (Fsp3) is 0.571. The van der Waals surface area contributed by atoms with Crippen LogP contribution in [0.3, 0.4) is 0 Å². The van der Waals surface area contributed by atoms with E-state index >= 15 is 0 Å². The average Bonchev–Trinajstić information content (AvgIpc) is 2.34. The van der Waals surface area contributed by atoms with E-state index in [9.17, 15) is 8.78 Å². The SMILES string of the molecule is CCCNC(C)c1ccc(N(C)CC(F)F)c(Br)c1. The summed E-state index contributed by atoms with van der Waals surface area (Å²) in [6.45, 7) is 4.92. The second-order valence-electron chi connectivity index (χ2n) is 4.66. The van der Waals surface area contributed by atoms with Gasteiger partial charge in [0.15, 0.2) is 0 Å². The van der Waals surface area contributed by atoms with Crippen molar-refractivity contribution in [3.63, 3.8) is 0 Å². The first-order valence-corrected chi connectivity index (χ1v) is 7.27. The highest BCUT2D eigenvalue weighted by Crippen LogP contribution is 2.29. The molecule has 0 heterocycles. The van der Waals surface area contributed by atoms with Crippen LogP contribution in [0.15, 0.2) is 22.7 Å². The topological polar surface area (TPSA) is 15.3 Å². The summed E-state index contributed by atoms with van der Waals surface area (Å²) in [7, 11) is 1.67. The highest BCUT2D eigenvalue weighted by atomic mass is 79.9. The van der Waals surface area contributed by atoms with E-state index in [1.807, 2.05) is 18.2 Å². The number of alkyl halides is 2. The summed E-state index contributed by atoms with van der Waals surface area (Å²) >= 11 is 3.46. The molecule has 1 unspecified atom stereocenters. The molecule has 0 bridgehead atoms. The van der Waals surface area contributed by atoms with Crippen LogP contribution >= 0.6 is 15.9 Å². The summed E-state index contributed by atoms with van der Waals surface area (Å²) in [5, 5.41) is 3.40. The zero-order chi connectivity index (χ0) is 14.4. The number of rotatable bonds is 7. The van der Waals surface area contributed by atoms with Gasteiger partial charge in [0.1, 0.15) is 0 Å². The number of nitrogens with one attached hydrogen (secondary N) is 1. The van der Waals surface area contributed by atoms with Crippen molar-refractivity contribution in [3.05, 3.63) is 28.2 Å². The van der Waals surface area contributed by atoms with Gasteiger partial charge < -0.3 is 10.2 Å². The molecule has 1 rings (SSSR count). The van der Waals surface area contributed by atoms with E-state index in [1.165, 1.54) is 0 Å². The first kappa shape index (κ1) is 16.4. The highest BCUT2D eigenvalue weighted by molar-refractivity contribution is 9.10. The Labute approximate surface area is 122 Å². The monoisotopic (exact) mass is 334 g/mol. The molecule has 0 aliphatic carbocycles. The average molecular weight is 335 g/mol. The van der Waals surface area contributed by atoms with Crippen LogP contribution in [0.1, 0.15) is 31.9 Å². The van der Waals surface area contributed by atoms with Gasteiger partial charge in [0.05, 0.1) is 12.2 Å². The van der Waals surface area contributed by atoms with Crippen molar-refractivity contribution >= 4 is 21.6 Å². The maximum atomic E-state index is 12.4. The molecule has 0 amide bonds. The quantitative estimate of drug-likeness (QED) is 0.803. The summed E-state index contributed by atoms with van der Waals surface area (Å²) in [5.74, 6) is 0. The minimum absolute atomic E-state index is 0.255. The Morgan fingerprint density at radius 2 is 2.05 bits per heavy atom. The Kier molecular flexibility index (Phi) is 6.72. The number of hydrogen-bond donors (Lipinski definition) is 1. The molecule has 1 atom stereocenters. The second-order valence-corrected chi connectivity index (χ2v) is 5.51. The Bertz CT molecular complexity index is 399. The van der Waals surface area contributed by atoms with Gasteiger partial charge in [-0.3, -0.25) is 0 Å². The molecule has 19 heavy (non-hydrogen) atoms. The molecule has 0 aromatic heterocycles. The molecule has 5 heteroatoms. The normalized spacial score (nSPS) is 12.8. The summed E-state index contributed by atoms with van der Waals surface area (Å²) in [6, 6.07) is 6.11. The molecule has 1 N–H and O–H groups in total. The Hall–Kier alpha value is -0.680. The van der Waals surface area contributed by atoms with Gasteiger partial charge in [-0.1, -0.05) is 13.0 Å². The lowest BCUT2D eigenvalue weighted by Gasteiger charge is -2.22. The van der Waals surface area contributed by atoms with Crippen molar-refractivity contribution < 1.29 is 8.78 Å². The van der Waals surface area contributed by atoms with Crippen molar-refractivity contribution in [2.75, 3.05) is 25.0 Å². The molecule has 0 saturated heterocycles. The van der Waals surface area contributed by atoms with E-state index in [2.05, 4.69) is 35.1 Å². The van der Waals surface area contributed by atoms with Gasteiger partial charge in [-0.15, -0.1) is 0 Å². The third-order valence-electron chi connectivity index (χ3n) is 3.00. The number of benzene rings is 1. The van der Waals surface area contributed by atoms with E-state index in [0.717, 1.165) is 28.7 Å². The standard InChI is InChI=1S/C14H21BrF2N2/c1-4-7-18-10(2)11-5-6-13(12(15)8-11)19(3)9-14(16)17/h5-6,8,10,14,18H,4,7,9H2,1-3H3. The molecule has 2 nitrogen and oxygen atoms in total. The predicted octanol–water partition coefficient (Wildman–Crippen LogP) is 4.21. The molecule has 108 valence electrons. The summed E-state index contributed by atoms with van der Waals surface area (Å²) in [4.78, 5) is 1.56. The summed E-state index contributed by atoms with van der Waals surface area (Å²) < 4.78 is 25.6. The van der Waals surface area contributed by atoms with E-state index in [0.29, 0.717) is 0 Å². The van der Waals surface area contributed by atoms with Gasteiger partial charge in [0, 0.05) is 17.6 Å². The Morgan fingerprint density at radius 3 is 2.58 bits per heavy atom. The van der Waals surface area contributed by atoms with Crippen molar-refractivity contribution in [2.45, 2.75) is 32.7 Å². The lowest BCUT2D eigenvalue weighted by molar-refractivity contribution is 0.156. The lowest BCUT2D eigenvalue weighted by Crippen LogP contribution is -2.24.